The quantitative estimate of drug-likeness (QED) is 0.874. The van der Waals surface area contributed by atoms with Gasteiger partial charge in [-0.3, -0.25) is 4.90 Å². The molecule has 1 aromatic carbocycles. The number of carbonyl (C=O) groups is 1. The van der Waals surface area contributed by atoms with Gasteiger partial charge in [-0.15, -0.1) is 11.3 Å². The van der Waals surface area contributed by atoms with Crippen LogP contribution in [0.25, 0.3) is 0 Å². The lowest BCUT2D eigenvalue weighted by atomic mass is 10.3. The van der Waals surface area contributed by atoms with Gasteiger partial charge < -0.3 is 5.11 Å². The average molecular weight is 324 g/mol. The topological polar surface area (TPSA) is 77.9 Å². The van der Waals surface area contributed by atoms with Crippen LogP contribution >= 0.6 is 11.3 Å². The van der Waals surface area contributed by atoms with Gasteiger partial charge in [-0.2, -0.15) is 4.31 Å². The molecule has 0 fully saturated rings. The van der Waals surface area contributed by atoms with Crippen molar-refractivity contribution in [2.45, 2.75) is 11.8 Å². The highest BCUT2D eigenvalue weighted by atomic mass is 32.2. The summed E-state index contributed by atoms with van der Waals surface area (Å²) in [5.41, 5.74) is 1.06. The number of nitrogens with zero attached hydrogens (tertiary/aromatic N) is 2. The number of hydrogen-bond donors (Lipinski definition) is 1. The minimum absolute atomic E-state index is 0.00606. The number of aryl methyl sites for hydroxylation is 1. The molecule has 2 amide bonds. The summed E-state index contributed by atoms with van der Waals surface area (Å²) in [4.78, 5) is 13.6. The Morgan fingerprint density at radius 3 is 2.57 bits per heavy atom. The number of rotatable bonds is 1. The number of aromatic hydroxyl groups is 1. The molecule has 0 spiro atoms. The number of benzene rings is 1. The first-order valence-electron chi connectivity index (χ1n) is 6.03. The number of phenols is 1. The first-order chi connectivity index (χ1) is 9.82. The van der Waals surface area contributed by atoms with E-state index in [0.29, 0.717) is 5.00 Å². The maximum atomic E-state index is 12.7. The molecule has 0 unspecified atom stereocenters. The third-order valence-corrected chi connectivity index (χ3v) is 6.08. The van der Waals surface area contributed by atoms with Crippen LogP contribution in [-0.4, -0.2) is 26.6 Å². The molecule has 0 atom stereocenters. The molecule has 0 aliphatic carbocycles. The minimum Gasteiger partial charge on any atom is -0.508 e. The number of anilines is 2. The number of hydrogen-bond acceptors (Lipinski definition) is 5. The van der Waals surface area contributed by atoms with E-state index in [0.717, 1.165) is 9.87 Å². The van der Waals surface area contributed by atoms with Crippen LogP contribution in [0.2, 0.25) is 0 Å². The zero-order chi connectivity index (χ0) is 15.4. The van der Waals surface area contributed by atoms with Gasteiger partial charge in [0.15, 0.2) is 0 Å². The molecule has 6 nitrogen and oxygen atoms in total. The van der Waals surface area contributed by atoms with Gasteiger partial charge in [-0.25, -0.2) is 13.2 Å². The fourth-order valence-electron chi connectivity index (χ4n) is 2.16. The summed E-state index contributed by atoms with van der Waals surface area (Å²) in [6, 6.07) is 4.84. The number of urea groups is 1. The number of fused-ring (bicyclic) bond motifs is 1. The van der Waals surface area contributed by atoms with E-state index in [1.807, 2.05) is 6.92 Å². The van der Waals surface area contributed by atoms with Gasteiger partial charge in [-0.1, -0.05) is 0 Å². The highest BCUT2D eigenvalue weighted by Crippen LogP contribution is 2.39. The van der Waals surface area contributed by atoms with Crippen molar-refractivity contribution < 1.29 is 18.3 Å². The summed E-state index contributed by atoms with van der Waals surface area (Å²) in [5.74, 6) is -0.0935. The van der Waals surface area contributed by atoms with Crippen LogP contribution in [-0.2, 0) is 10.0 Å². The molecule has 3 rings (SSSR count). The van der Waals surface area contributed by atoms with E-state index < -0.39 is 16.1 Å². The summed E-state index contributed by atoms with van der Waals surface area (Å²) in [6.45, 7) is 1.83. The first kappa shape index (κ1) is 13.9. The molecule has 1 aliphatic heterocycles. The van der Waals surface area contributed by atoms with Crippen molar-refractivity contribution in [3.05, 3.63) is 35.2 Å². The molecule has 8 heteroatoms. The highest BCUT2D eigenvalue weighted by molar-refractivity contribution is 7.94. The normalized spacial score (nSPS) is 17.0. The van der Waals surface area contributed by atoms with E-state index in [4.69, 9.17) is 0 Å². The SMILES string of the molecule is Cc1csc(N2C(=O)N(C)c3cc(O)ccc3S2(=O)=O)c1. The molecule has 2 aromatic rings. The molecule has 110 valence electrons. The lowest BCUT2D eigenvalue weighted by molar-refractivity contribution is 0.255. The molecule has 2 heterocycles. The molecule has 1 aliphatic rings. The van der Waals surface area contributed by atoms with Gasteiger partial charge in [0.1, 0.15) is 15.6 Å². The molecular weight excluding hydrogens is 312 g/mol. The predicted molar refractivity (Wildman–Crippen MR) is 80.6 cm³/mol. The van der Waals surface area contributed by atoms with Crippen molar-refractivity contribution in [3.63, 3.8) is 0 Å². The average Bonchev–Trinajstić information content (AvgIpc) is 2.82. The Morgan fingerprint density at radius 2 is 1.95 bits per heavy atom. The highest BCUT2D eigenvalue weighted by Gasteiger charge is 2.41. The maximum Gasteiger partial charge on any atom is 0.343 e. The Kier molecular flexibility index (Phi) is 2.96. The van der Waals surface area contributed by atoms with Gasteiger partial charge in [0.2, 0.25) is 0 Å². The standard InChI is InChI=1S/C13H12N2O4S2/c1-8-5-12(20-7-8)15-13(17)14(2)10-6-9(16)3-4-11(10)21(15,18)19/h3-7,16H,1-2H3. The number of amides is 2. The summed E-state index contributed by atoms with van der Waals surface area (Å²) in [5, 5.41) is 11.6. The van der Waals surface area contributed by atoms with Crippen molar-refractivity contribution in [1.82, 2.24) is 0 Å². The van der Waals surface area contributed by atoms with Gasteiger partial charge in [0, 0.05) is 13.1 Å². The van der Waals surface area contributed by atoms with Crippen molar-refractivity contribution >= 4 is 38.1 Å². The number of carbonyl (C=O) groups excluding carboxylic acids is 1. The largest absolute Gasteiger partial charge is 0.508 e. The van der Waals surface area contributed by atoms with E-state index in [9.17, 15) is 18.3 Å². The maximum absolute atomic E-state index is 12.7. The summed E-state index contributed by atoms with van der Waals surface area (Å²) >= 11 is 1.19. The smallest absolute Gasteiger partial charge is 0.343 e. The molecule has 0 bridgehead atoms. The third kappa shape index (κ3) is 1.98. The van der Waals surface area contributed by atoms with Crippen LogP contribution in [0, 0.1) is 6.92 Å². The van der Waals surface area contributed by atoms with Crippen LogP contribution in [0.3, 0.4) is 0 Å². The van der Waals surface area contributed by atoms with E-state index in [2.05, 4.69) is 0 Å². The van der Waals surface area contributed by atoms with Crippen LogP contribution in [0.1, 0.15) is 5.56 Å². The first-order valence-corrected chi connectivity index (χ1v) is 8.35. The lowest BCUT2D eigenvalue weighted by Crippen LogP contribution is -2.49. The Balaban J connectivity index is 2.26. The number of sulfonamides is 1. The Morgan fingerprint density at radius 1 is 1.24 bits per heavy atom. The Bertz CT molecular complexity index is 842. The molecule has 1 aromatic heterocycles. The van der Waals surface area contributed by atoms with Gasteiger partial charge >= 0.3 is 6.03 Å². The number of phenolic OH excluding ortho intramolecular Hbond substituents is 1. The van der Waals surface area contributed by atoms with Crippen LogP contribution in [0.15, 0.2) is 34.5 Å². The van der Waals surface area contributed by atoms with E-state index >= 15 is 0 Å². The zero-order valence-corrected chi connectivity index (χ0v) is 12.9. The number of thiophene rings is 1. The van der Waals surface area contributed by atoms with Crippen LogP contribution < -0.4 is 9.21 Å². The molecule has 0 saturated heterocycles. The third-order valence-electron chi connectivity index (χ3n) is 3.20. The molecule has 0 saturated carbocycles. The summed E-state index contributed by atoms with van der Waals surface area (Å²) in [6.07, 6.45) is 0. The van der Waals surface area contributed by atoms with Crippen LogP contribution in [0.5, 0.6) is 5.75 Å². The fraction of sp³-hybridized carbons (Fsp3) is 0.154. The fourth-order valence-corrected chi connectivity index (χ4v) is 4.90. The second kappa shape index (κ2) is 4.47. The molecule has 1 N–H and O–H groups in total. The van der Waals surface area contributed by atoms with Crippen molar-refractivity contribution in [1.29, 1.82) is 0 Å². The lowest BCUT2D eigenvalue weighted by Gasteiger charge is -2.33. The van der Waals surface area contributed by atoms with Gasteiger partial charge in [-0.05, 0) is 36.1 Å². The van der Waals surface area contributed by atoms with Crippen molar-refractivity contribution in [2.24, 2.45) is 0 Å². The molecular formula is C13H12N2O4S2. The van der Waals surface area contributed by atoms with Gasteiger partial charge in [0.05, 0.1) is 5.69 Å². The zero-order valence-electron chi connectivity index (χ0n) is 11.3. The second-order valence-corrected chi connectivity index (χ2v) is 7.37. The molecule has 21 heavy (non-hydrogen) atoms. The second-order valence-electron chi connectivity index (χ2n) is 4.73. The van der Waals surface area contributed by atoms with E-state index in [1.54, 1.807) is 11.4 Å². The van der Waals surface area contributed by atoms with Gasteiger partial charge in [0.25, 0.3) is 10.0 Å². The summed E-state index contributed by atoms with van der Waals surface area (Å²) < 4.78 is 26.2. The van der Waals surface area contributed by atoms with Crippen molar-refractivity contribution in [2.75, 3.05) is 16.3 Å². The Hall–Kier alpha value is -2.06. The van der Waals surface area contributed by atoms with Crippen molar-refractivity contribution in [3.8, 4) is 5.75 Å². The van der Waals surface area contributed by atoms with E-state index in [1.165, 1.54) is 41.5 Å². The van der Waals surface area contributed by atoms with Crippen LogP contribution in [0.4, 0.5) is 15.5 Å². The predicted octanol–water partition coefficient (Wildman–Crippen LogP) is 2.53. The monoisotopic (exact) mass is 324 g/mol. The molecule has 0 radical (unpaired) electrons. The van der Waals surface area contributed by atoms with E-state index in [-0.39, 0.29) is 16.3 Å². The Labute approximate surface area is 125 Å². The summed E-state index contributed by atoms with van der Waals surface area (Å²) in [7, 11) is -2.51. The minimum atomic E-state index is -3.98.